The van der Waals surface area contributed by atoms with E-state index >= 15 is 0 Å². The van der Waals surface area contributed by atoms with Gasteiger partial charge in [-0.3, -0.25) is 14.5 Å². The Kier molecular flexibility index (Phi) is 4.99. The Balaban J connectivity index is 1.89. The fourth-order valence-corrected chi connectivity index (χ4v) is 3.71. The molecule has 0 N–H and O–H groups in total. The minimum atomic E-state index is -0.329. The van der Waals surface area contributed by atoms with E-state index in [9.17, 15) is 9.59 Å². The van der Waals surface area contributed by atoms with Crippen molar-refractivity contribution in [3.63, 3.8) is 0 Å². The Hall–Kier alpha value is -1.75. The molecule has 3 nitrogen and oxygen atoms in total. The van der Waals surface area contributed by atoms with Gasteiger partial charge >= 0.3 is 0 Å². The van der Waals surface area contributed by atoms with Crippen LogP contribution >= 0.6 is 35.0 Å². The zero-order chi connectivity index (χ0) is 17.3. The number of aryl methyl sites for hydroxylation is 1. The molecule has 1 saturated heterocycles. The molecule has 1 aliphatic heterocycles. The molecule has 24 heavy (non-hydrogen) atoms. The highest BCUT2D eigenvalue weighted by Crippen LogP contribution is 2.35. The van der Waals surface area contributed by atoms with E-state index in [1.807, 2.05) is 31.2 Å². The Morgan fingerprint density at radius 3 is 2.38 bits per heavy atom. The molecule has 0 aliphatic carbocycles. The van der Waals surface area contributed by atoms with Gasteiger partial charge in [-0.05, 0) is 48.0 Å². The summed E-state index contributed by atoms with van der Waals surface area (Å²) in [5.41, 5.74) is 2.53. The number of amides is 2. The van der Waals surface area contributed by atoms with Crippen LogP contribution in [0.1, 0.15) is 16.7 Å². The van der Waals surface area contributed by atoms with Gasteiger partial charge < -0.3 is 0 Å². The number of benzene rings is 2. The molecule has 0 spiro atoms. The summed E-state index contributed by atoms with van der Waals surface area (Å²) in [5, 5.41) is 0.546. The van der Waals surface area contributed by atoms with Crippen LogP contribution in [0.25, 0.3) is 6.08 Å². The Morgan fingerprint density at radius 1 is 1.04 bits per heavy atom. The van der Waals surface area contributed by atoms with Crippen molar-refractivity contribution in [2.75, 3.05) is 0 Å². The topological polar surface area (TPSA) is 37.4 Å². The number of thioether (sulfide) groups is 1. The van der Waals surface area contributed by atoms with Gasteiger partial charge in [-0.15, -0.1) is 0 Å². The highest BCUT2D eigenvalue weighted by molar-refractivity contribution is 8.18. The summed E-state index contributed by atoms with van der Waals surface area (Å²) in [7, 11) is 0. The fraction of sp³-hybridized carbons (Fsp3) is 0.111. The van der Waals surface area contributed by atoms with Crippen molar-refractivity contribution in [3.8, 4) is 0 Å². The smallest absolute Gasteiger partial charge is 0.268 e. The second-order valence-electron chi connectivity index (χ2n) is 5.32. The molecule has 2 aromatic rings. The first-order valence-electron chi connectivity index (χ1n) is 7.21. The molecule has 0 unspecified atom stereocenters. The maximum Gasteiger partial charge on any atom is 0.293 e. The van der Waals surface area contributed by atoms with E-state index in [0.717, 1.165) is 22.9 Å². The maximum atomic E-state index is 12.6. The number of halogens is 2. The summed E-state index contributed by atoms with van der Waals surface area (Å²) in [5.74, 6) is -0.329. The van der Waals surface area contributed by atoms with E-state index in [4.69, 9.17) is 23.2 Å². The summed E-state index contributed by atoms with van der Waals surface area (Å²) < 4.78 is 0. The zero-order valence-electron chi connectivity index (χ0n) is 12.8. The summed E-state index contributed by atoms with van der Waals surface area (Å²) in [6.07, 6.45) is 1.74. The van der Waals surface area contributed by atoms with Crippen molar-refractivity contribution in [1.29, 1.82) is 0 Å². The van der Waals surface area contributed by atoms with E-state index in [1.165, 1.54) is 4.90 Å². The SMILES string of the molecule is Cc1ccccc1/C=C1/SC(=O)N(Cc2c(Cl)cccc2Cl)C1=O. The fourth-order valence-electron chi connectivity index (χ4n) is 2.37. The maximum absolute atomic E-state index is 12.6. The van der Waals surface area contributed by atoms with E-state index in [0.29, 0.717) is 20.5 Å². The van der Waals surface area contributed by atoms with Crippen LogP contribution < -0.4 is 0 Å². The lowest BCUT2D eigenvalue weighted by Gasteiger charge is -2.14. The van der Waals surface area contributed by atoms with Gasteiger partial charge in [0.05, 0.1) is 11.4 Å². The lowest BCUT2D eigenvalue weighted by atomic mass is 10.1. The number of carbonyl (C=O) groups excluding carboxylic acids is 2. The zero-order valence-corrected chi connectivity index (χ0v) is 15.1. The van der Waals surface area contributed by atoms with Crippen LogP contribution in [-0.4, -0.2) is 16.0 Å². The van der Waals surface area contributed by atoms with E-state index < -0.39 is 0 Å². The van der Waals surface area contributed by atoms with Crippen LogP contribution in [-0.2, 0) is 11.3 Å². The molecule has 0 atom stereocenters. The van der Waals surface area contributed by atoms with Crippen molar-refractivity contribution in [2.45, 2.75) is 13.5 Å². The van der Waals surface area contributed by atoms with Crippen molar-refractivity contribution in [2.24, 2.45) is 0 Å². The van der Waals surface area contributed by atoms with E-state index in [2.05, 4.69) is 0 Å². The average molecular weight is 378 g/mol. The first kappa shape index (κ1) is 17.1. The van der Waals surface area contributed by atoms with Crippen LogP contribution in [0.3, 0.4) is 0 Å². The second-order valence-corrected chi connectivity index (χ2v) is 7.13. The van der Waals surface area contributed by atoms with Gasteiger partial charge in [-0.25, -0.2) is 0 Å². The van der Waals surface area contributed by atoms with Gasteiger partial charge in [0.1, 0.15) is 0 Å². The quantitative estimate of drug-likeness (QED) is 0.659. The molecule has 0 saturated carbocycles. The molecule has 0 bridgehead atoms. The van der Waals surface area contributed by atoms with Crippen molar-refractivity contribution < 1.29 is 9.59 Å². The number of hydrogen-bond acceptors (Lipinski definition) is 3. The van der Waals surface area contributed by atoms with Gasteiger partial charge in [0.2, 0.25) is 0 Å². The summed E-state index contributed by atoms with van der Waals surface area (Å²) in [4.78, 5) is 26.4. The third-order valence-electron chi connectivity index (χ3n) is 3.73. The Bertz CT molecular complexity index is 844. The monoisotopic (exact) mass is 377 g/mol. The number of nitrogens with zero attached hydrogens (tertiary/aromatic N) is 1. The van der Waals surface area contributed by atoms with Gasteiger partial charge in [-0.1, -0.05) is 53.5 Å². The molecule has 3 rings (SSSR count). The largest absolute Gasteiger partial charge is 0.293 e. The average Bonchev–Trinajstić information content (AvgIpc) is 2.80. The van der Waals surface area contributed by atoms with Gasteiger partial charge in [0.25, 0.3) is 11.1 Å². The van der Waals surface area contributed by atoms with Gasteiger partial charge in [-0.2, -0.15) is 0 Å². The highest BCUT2D eigenvalue weighted by Gasteiger charge is 2.35. The number of carbonyl (C=O) groups is 2. The third kappa shape index (κ3) is 3.36. The predicted octanol–water partition coefficient (Wildman–Crippen LogP) is 5.54. The van der Waals surface area contributed by atoms with Gasteiger partial charge in [0, 0.05) is 15.6 Å². The first-order chi connectivity index (χ1) is 11.5. The molecular formula is C18H13Cl2NO2S. The molecule has 0 radical (unpaired) electrons. The number of rotatable bonds is 3. The number of hydrogen-bond donors (Lipinski definition) is 0. The minimum absolute atomic E-state index is 0.0638. The molecule has 1 heterocycles. The summed E-state index contributed by atoms with van der Waals surface area (Å²) >= 11 is 13.2. The Labute approximate surface area is 154 Å². The Morgan fingerprint density at radius 2 is 1.71 bits per heavy atom. The van der Waals surface area contributed by atoms with Crippen LogP contribution in [0.2, 0.25) is 10.0 Å². The first-order valence-corrected chi connectivity index (χ1v) is 8.78. The molecule has 1 fully saturated rings. The highest BCUT2D eigenvalue weighted by atomic mass is 35.5. The van der Waals surface area contributed by atoms with Crippen molar-refractivity contribution in [3.05, 3.63) is 74.1 Å². The van der Waals surface area contributed by atoms with Crippen molar-refractivity contribution >= 4 is 52.2 Å². The van der Waals surface area contributed by atoms with Crippen LogP contribution in [0, 0.1) is 6.92 Å². The molecule has 6 heteroatoms. The number of imide groups is 1. The second kappa shape index (κ2) is 7.01. The lowest BCUT2D eigenvalue weighted by molar-refractivity contribution is -0.123. The van der Waals surface area contributed by atoms with Crippen LogP contribution in [0.4, 0.5) is 4.79 Å². The van der Waals surface area contributed by atoms with E-state index in [1.54, 1.807) is 24.3 Å². The molecule has 2 aromatic carbocycles. The van der Waals surface area contributed by atoms with Crippen molar-refractivity contribution in [1.82, 2.24) is 4.90 Å². The van der Waals surface area contributed by atoms with E-state index in [-0.39, 0.29) is 17.7 Å². The van der Waals surface area contributed by atoms with Gasteiger partial charge in [0.15, 0.2) is 0 Å². The molecule has 2 amide bonds. The molecule has 0 aromatic heterocycles. The summed E-state index contributed by atoms with van der Waals surface area (Å²) in [6, 6.07) is 12.8. The third-order valence-corrected chi connectivity index (χ3v) is 5.34. The predicted molar refractivity (Wildman–Crippen MR) is 99.2 cm³/mol. The summed E-state index contributed by atoms with van der Waals surface area (Å²) in [6.45, 7) is 2.02. The van der Waals surface area contributed by atoms with Crippen LogP contribution in [0.15, 0.2) is 47.4 Å². The molecule has 122 valence electrons. The normalized spacial score (nSPS) is 16.3. The minimum Gasteiger partial charge on any atom is -0.268 e. The molecular weight excluding hydrogens is 365 g/mol. The standard InChI is InChI=1S/C18H13Cl2NO2S/c1-11-5-2-3-6-12(11)9-16-17(22)21(18(23)24-16)10-13-14(19)7-4-8-15(13)20/h2-9H,10H2,1H3/b16-9+. The lowest BCUT2D eigenvalue weighted by Crippen LogP contribution is -2.27. The van der Waals surface area contributed by atoms with Crippen LogP contribution in [0.5, 0.6) is 0 Å². The molecule has 1 aliphatic rings.